The Morgan fingerprint density at radius 3 is 2.12 bits per heavy atom. The van der Waals surface area contributed by atoms with Crippen LogP contribution < -0.4 is 20.3 Å². The third-order valence-corrected chi connectivity index (χ3v) is 5.16. The number of nitrogens with one attached hydrogen (secondary N) is 3. The van der Waals surface area contributed by atoms with Crippen LogP contribution in [0.2, 0.25) is 0 Å². The Hall–Kier alpha value is -3.32. The zero-order valence-electron chi connectivity index (χ0n) is 16.9. The fourth-order valence-electron chi connectivity index (χ4n) is 2.34. The first kappa shape index (κ1) is 24.9. The highest BCUT2D eigenvalue weighted by atomic mass is 32.2. The molecule has 0 aromatic heterocycles. The zero-order chi connectivity index (χ0) is 24.0. The topological polar surface area (TPSA) is 123 Å². The van der Waals surface area contributed by atoms with Crippen LogP contribution in [-0.4, -0.2) is 38.9 Å². The van der Waals surface area contributed by atoms with Gasteiger partial charge in [-0.15, -0.1) is 4.83 Å². The van der Waals surface area contributed by atoms with Gasteiger partial charge in [0.25, 0.3) is 10.0 Å². The van der Waals surface area contributed by atoms with Crippen molar-refractivity contribution in [2.75, 3.05) is 6.61 Å². The number of hydrazine groups is 1. The number of esters is 1. The molecule has 0 saturated carbocycles. The molecule has 1 unspecified atom stereocenters. The van der Waals surface area contributed by atoms with Crippen molar-refractivity contribution in [1.82, 2.24) is 15.6 Å². The molecule has 0 spiro atoms. The molecule has 174 valence electrons. The molecule has 32 heavy (non-hydrogen) atoms. The molecule has 0 heterocycles. The van der Waals surface area contributed by atoms with Crippen molar-refractivity contribution in [2.24, 2.45) is 0 Å². The Labute approximate surface area is 181 Å². The monoisotopic (exact) mass is 475 g/mol. The van der Waals surface area contributed by atoms with E-state index in [9.17, 15) is 31.2 Å². The molecular weight excluding hydrogens is 455 g/mol. The first-order valence-electron chi connectivity index (χ1n) is 9.06. The van der Waals surface area contributed by atoms with Crippen LogP contribution in [0.3, 0.4) is 0 Å². The zero-order valence-corrected chi connectivity index (χ0v) is 17.7. The van der Waals surface area contributed by atoms with Crippen molar-refractivity contribution >= 4 is 22.0 Å². The number of rotatable bonds is 8. The largest absolute Gasteiger partial charge is 0.461 e. The molecule has 0 aliphatic heterocycles. The summed E-state index contributed by atoms with van der Waals surface area (Å²) in [6, 6.07) is 10.1. The fraction of sp³-hybridized carbons (Fsp3) is 0.263. The number of ether oxygens (including phenoxy) is 2. The number of hydrogen-bond acceptors (Lipinski definition) is 6. The second-order valence-electron chi connectivity index (χ2n) is 6.31. The van der Waals surface area contributed by atoms with Gasteiger partial charge in [-0.05, 0) is 38.1 Å². The van der Waals surface area contributed by atoms with E-state index in [0.717, 1.165) is 17.7 Å². The maximum Gasteiger partial charge on any atom is 0.460 e. The van der Waals surface area contributed by atoms with Gasteiger partial charge in [-0.3, -0.25) is 10.7 Å². The van der Waals surface area contributed by atoms with Gasteiger partial charge in [0.2, 0.25) is 0 Å². The minimum Gasteiger partial charge on any atom is -0.461 e. The summed E-state index contributed by atoms with van der Waals surface area (Å²) in [5.41, 5.74) is -1.62. The normalized spacial score (nSPS) is 13.5. The number of sulfonamides is 1. The van der Waals surface area contributed by atoms with Crippen LogP contribution in [0.4, 0.5) is 18.0 Å². The lowest BCUT2D eigenvalue weighted by atomic mass is 10.2. The summed E-state index contributed by atoms with van der Waals surface area (Å²) in [4.78, 5) is 25.8. The van der Waals surface area contributed by atoms with Crippen LogP contribution in [0.1, 0.15) is 12.5 Å². The second kappa shape index (κ2) is 9.87. The van der Waals surface area contributed by atoms with Crippen molar-refractivity contribution in [3.05, 3.63) is 60.2 Å². The molecule has 2 aromatic rings. The van der Waals surface area contributed by atoms with E-state index in [0.29, 0.717) is 0 Å². The highest BCUT2D eigenvalue weighted by molar-refractivity contribution is 7.89. The SMILES string of the molecule is CCOC(=O)C(NC(=O)NNS(=O)(=O)c1ccc(C)cc1)(Oc1ccccc1)C(F)(F)F. The fourth-order valence-corrected chi connectivity index (χ4v) is 3.18. The molecule has 1 atom stereocenters. The Morgan fingerprint density at radius 2 is 1.59 bits per heavy atom. The smallest absolute Gasteiger partial charge is 0.460 e. The lowest BCUT2D eigenvalue weighted by molar-refractivity contribution is -0.259. The van der Waals surface area contributed by atoms with Crippen molar-refractivity contribution in [1.29, 1.82) is 0 Å². The summed E-state index contributed by atoms with van der Waals surface area (Å²) in [6.07, 6.45) is -5.48. The highest BCUT2D eigenvalue weighted by Crippen LogP contribution is 2.34. The molecule has 2 aromatic carbocycles. The average molecular weight is 475 g/mol. The number of benzene rings is 2. The minimum atomic E-state index is -5.48. The van der Waals surface area contributed by atoms with Crippen LogP contribution in [0, 0.1) is 6.92 Å². The molecule has 0 saturated heterocycles. The highest BCUT2D eigenvalue weighted by Gasteiger charge is 2.66. The number of halogens is 3. The summed E-state index contributed by atoms with van der Waals surface area (Å²) in [5, 5.41) is 1.34. The molecule has 3 N–H and O–H groups in total. The maximum absolute atomic E-state index is 14.0. The molecule has 0 radical (unpaired) electrons. The molecule has 2 rings (SSSR count). The standard InChI is InChI=1S/C19H20F3N3O6S/c1-3-30-16(26)18(19(20,21)22,31-14-7-5-4-6-8-14)23-17(27)24-25-32(28,29)15-11-9-13(2)10-12-15/h4-12,25H,3H2,1-2H3,(H2,23,24,27). The second-order valence-corrected chi connectivity index (χ2v) is 7.99. The average Bonchev–Trinajstić information content (AvgIpc) is 2.72. The van der Waals surface area contributed by atoms with Gasteiger partial charge in [-0.2, -0.15) is 13.2 Å². The van der Waals surface area contributed by atoms with Gasteiger partial charge in [0, 0.05) is 0 Å². The van der Waals surface area contributed by atoms with Crippen LogP contribution >= 0.6 is 0 Å². The Bertz CT molecular complexity index is 1050. The number of amides is 2. The predicted octanol–water partition coefficient (Wildman–Crippen LogP) is 2.39. The lowest BCUT2D eigenvalue weighted by Gasteiger charge is -2.33. The van der Waals surface area contributed by atoms with Gasteiger partial charge >= 0.3 is 23.9 Å². The summed E-state index contributed by atoms with van der Waals surface area (Å²) >= 11 is 0. The molecule has 0 bridgehead atoms. The quantitative estimate of drug-likeness (QED) is 0.306. The van der Waals surface area contributed by atoms with Gasteiger partial charge < -0.3 is 9.47 Å². The van der Waals surface area contributed by atoms with Crippen LogP contribution in [0.15, 0.2) is 59.5 Å². The number of aryl methyl sites for hydroxylation is 1. The van der Waals surface area contributed by atoms with Crippen LogP contribution in [0.25, 0.3) is 0 Å². The summed E-state index contributed by atoms with van der Waals surface area (Å²) in [5.74, 6) is -2.36. The van der Waals surface area contributed by atoms with Crippen molar-refractivity contribution < 1.29 is 40.7 Å². The summed E-state index contributed by atoms with van der Waals surface area (Å²) in [7, 11) is -4.31. The van der Waals surface area contributed by atoms with Crippen LogP contribution in [-0.2, 0) is 19.6 Å². The maximum atomic E-state index is 14.0. The lowest BCUT2D eigenvalue weighted by Crippen LogP contribution is -2.70. The van der Waals surface area contributed by atoms with E-state index < -0.39 is 46.3 Å². The first-order chi connectivity index (χ1) is 14.9. The number of alkyl halides is 3. The Balaban J connectivity index is 2.28. The van der Waals surface area contributed by atoms with Crippen molar-refractivity contribution in [3.8, 4) is 5.75 Å². The third kappa shape index (κ3) is 5.88. The Kier molecular flexibility index (Phi) is 7.69. The minimum absolute atomic E-state index is 0.253. The van der Waals surface area contributed by atoms with Crippen molar-refractivity contribution in [2.45, 2.75) is 30.6 Å². The molecule has 0 fully saturated rings. The first-order valence-corrected chi connectivity index (χ1v) is 10.5. The third-order valence-electron chi connectivity index (χ3n) is 3.90. The van der Waals surface area contributed by atoms with Crippen LogP contribution in [0.5, 0.6) is 5.75 Å². The van der Waals surface area contributed by atoms with Gasteiger partial charge in [0.15, 0.2) is 0 Å². The van der Waals surface area contributed by atoms with E-state index in [1.807, 2.05) is 0 Å². The van der Waals surface area contributed by atoms with Gasteiger partial charge in [0.1, 0.15) is 5.75 Å². The predicted molar refractivity (Wildman–Crippen MR) is 106 cm³/mol. The summed E-state index contributed by atoms with van der Waals surface area (Å²) < 4.78 is 75.7. The van der Waals surface area contributed by atoms with E-state index >= 15 is 0 Å². The van der Waals surface area contributed by atoms with Gasteiger partial charge in [-0.25, -0.2) is 18.0 Å². The number of para-hydroxylation sites is 1. The van der Waals surface area contributed by atoms with Gasteiger partial charge in [0.05, 0.1) is 11.5 Å². The number of urea groups is 1. The van der Waals surface area contributed by atoms with E-state index in [-0.39, 0.29) is 4.90 Å². The molecule has 0 aliphatic carbocycles. The Morgan fingerprint density at radius 1 is 1.00 bits per heavy atom. The van der Waals surface area contributed by atoms with E-state index in [1.165, 1.54) is 54.7 Å². The van der Waals surface area contributed by atoms with Gasteiger partial charge in [-0.1, -0.05) is 35.9 Å². The van der Waals surface area contributed by atoms with Crippen molar-refractivity contribution in [3.63, 3.8) is 0 Å². The van der Waals surface area contributed by atoms with E-state index in [1.54, 1.807) is 17.2 Å². The van der Waals surface area contributed by atoms with E-state index in [4.69, 9.17) is 4.74 Å². The number of carbonyl (C=O) groups is 2. The molecule has 0 aliphatic rings. The molecule has 2 amide bonds. The number of carbonyl (C=O) groups excluding carboxylic acids is 2. The molecular formula is C19H20F3N3O6S. The molecule has 13 heteroatoms. The number of hydrogen-bond donors (Lipinski definition) is 3. The summed E-state index contributed by atoms with van der Waals surface area (Å²) in [6.45, 7) is 2.53. The van der Waals surface area contributed by atoms with E-state index in [2.05, 4.69) is 4.74 Å². The molecule has 9 nitrogen and oxygen atoms in total.